The average molecular weight is 327 g/mol. The van der Waals surface area contributed by atoms with Crippen molar-refractivity contribution in [1.29, 1.82) is 0 Å². The van der Waals surface area contributed by atoms with E-state index < -0.39 is 0 Å². The molecule has 0 unspecified atom stereocenters. The molecule has 1 aliphatic rings. The molecule has 5 nitrogen and oxygen atoms in total. The number of nitrogens with one attached hydrogen (secondary N) is 2. The lowest BCUT2D eigenvalue weighted by atomic mass is 10.3. The fraction of sp³-hybridized carbons (Fsp3) is 0.385. The van der Waals surface area contributed by atoms with Crippen molar-refractivity contribution in [3.8, 4) is 5.75 Å². The second-order valence-electron chi connectivity index (χ2n) is 4.36. The summed E-state index contributed by atoms with van der Waals surface area (Å²) in [6, 6.07) is 7.49. The van der Waals surface area contributed by atoms with Gasteiger partial charge >= 0.3 is 0 Å². The molecule has 1 aliphatic carbocycles. The molecular formula is C13H15BrN2O3. The lowest BCUT2D eigenvalue weighted by Crippen LogP contribution is -2.39. The van der Waals surface area contributed by atoms with E-state index in [0.717, 1.165) is 17.3 Å². The third kappa shape index (κ3) is 5.30. The van der Waals surface area contributed by atoms with E-state index in [0.29, 0.717) is 11.8 Å². The highest BCUT2D eigenvalue weighted by Crippen LogP contribution is 2.18. The Morgan fingerprint density at radius 2 is 1.89 bits per heavy atom. The normalized spacial score (nSPS) is 13.7. The van der Waals surface area contributed by atoms with Gasteiger partial charge in [-0.3, -0.25) is 9.59 Å². The van der Waals surface area contributed by atoms with Crippen molar-refractivity contribution < 1.29 is 14.3 Å². The molecule has 0 bridgehead atoms. The van der Waals surface area contributed by atoms with Gasteiger partial charge in [-0.15, -0.1) is 0 Å². The van der Waals surface area contributed by atoms with Gasteiger partial charge in [0.25, 0.3) is 5.91 Å². The Kier molecular flexibility index (Phi) is 4.79. The van der Waals surface area contributed by atoms with Gasteiger partial charge in [0.1, 0.15) is 5.75 Å². The number of benzene rings is 1. The lowest BCUT2D eigenvalue weighted by molar-refractivity contribution is -0.127. The first-order chi connectivity index (χ1) is 9.13. The molecule has 102 valence electrons. The number of rotatable bonds is 6. The molecule has 6 heteroatoms. The number of ether oxygens (including phenoxy) is 1. The van der Waals surface area contributed by atoms with Gasteiger partial charge in [0, 0.05) is 10.5 Å². The van der Waals surface area contributed by atoms with E-state index >= 15 is 0 Å². The molecule has 0 aliphatic heterocycles. The first-order valence-corrected chi connectivity index (χ1v) is 6.87. The van der Waals surface area contributed by atoms with Crippen molar-refractivity contribution in [3.63, 3.8) is 0 Å². The fourth-order valence-corrected chi connectivity index (χ4v) is 1.68. The molecule has 2 N–H and O–H groups in total. The van der Waals surface area contributed by atoms with Crippen LogP contribution in [0.15, 0.2) is 28.7 Å². The van der Waals surface area contributed by atoms with Crippen LogP contribution in [0.3, 0.4) is 0 Å². The van der Waals surface area contributed by atoms with E-state index in [1.54, 1.807) is 12.1 Å². The SMILES string of the molecule is O=C(COc1ccc(Br)cc1)NCC(=O)NC1CC1. The van der Waals surface area contributed by atoms with Crippen LogP contribution in [0.5, 0.6) is 5.75 Å². The number of hydrogen-bond donors (Lipinski definition) is 2. The Morgan fingerprint density at radius 3 is 2.53 bits per heavy atom. The van der Waals surface area contributed by atoms with E-state index in [1.807, 2.05) is 12.1 Å². The summed E-state index contributed by atoms with van der Waals surface area (Å²) in [7, 11) is 0. The summed E-state index contributed by atoms with van der Waals surface area (Å²) < 4.78 is 6.23. The standard InChI is InChI=1S/C13H15BrN2O3/c14-9-1-5-11(6-2-9)19-8-13(18)15-7-12(17)16-10-3-4-10/h1-2,5-6,10H,3-4,7-8H2,(H,15,18)(H,16,17). The minimum Gasteiger partial charge on any atom is -0.484 e. The number of carbonyl (C=O) groups excluding carboxylic acids is 2. The third-order valence-electron chi connectivity index (χ3n) is 2.57. The number of halogens is 1. The molecule has 0 radical (unpaired) electrons. The lowest BCUT2D eigenvalue weighted by Gasteiger charge is -2.07. The monoisotopic (exact) mass is 326 g/mol. The van der Waals surface area contributed by atoms with E-state index in [4.69, 9.17) is 4.74 Å². The van der Waals surface area contributed by atoms with Crippen molar-refractivity contribution in [3.05, 3.63) is 28.7 Å². The average Bonchev–Trinajstić information content (AvgIpc) is 3.19. The van der Waals surface area contributed by atoms with Crippen LogP contribution in [0, 0.1) is 0 Å². The van der Waals surface area contributed by atoms with Crippen LogP contribution in [-0.2, 0) is 9.59 Å². The van der Waals surface area contributed by atoms with Gasteiger partial charge in [-0.2, -0.15) is 0 Å². The van der Waals surface area contributed by atoms with E-state index in [9.17, 15) is 9.59 Å². The zero-order valence-corrected chi connectivity index (χ0v) is 11.9. The molecule has 19 heavy (non-hydrogen) atoms. The summed E-state index contributed by atoms with van der Waals surface area (Å²) in [5.74, 6) is 0.147. The molecule has 1 aromatic carbocycles. The Bertz CT molecular complexity index is 457. The van der Waals surface area contributed by atoms with Crippen LogP contribution >= 0.6 is 15.9 Å². The summed E-state index contributed by atoms with van der Waals surface area (Å²) >= 11 is 3.31. The highest BCUT2D eigenvalue weighted by atomic mass is 79.9. The second-order valence-corrected chi connectivity index (χ2v) is 5.28. The summed E-state index contributed by atoms with van der Waals surface area (Å²) in [4.78, 5) is 22.8. The van der Waals surface area contributed by atoms with Crippen molar-refractivity contribution in [2.24, 2.45) is 0 Å². The van der Waals surface area contributed by atoms with Gasteiger partial charge in [-0.05, 0) is 37.1 Å². The maximum atomic E-state index is 11.5. The number of carbonyl (C=O) groups is 2. The van der Waals surface area contributed by atoms with Gasteiger partial charge in [0.2, 0.25) is 5.91 Å². The zero-order valence-electron chi connectivity index (χ0n) is 10.3. The summed E-state index contributed by atoms with van der Waals surface area (Å²) in [6.07, 6.45) is 2.07. The largest absolute Gasteiger partial charge is 0.484 e. The highest BCUT2D eigenvalue weighted by Gasteiger charge is 2.23. The third-order valence-corrected chi connectivity index (χ3v) is 3.10. The van der Waals surface area contributed by atoms with E-state index in [-0.39, 0.29) is 25.0 Å². The molecule has 2 amide bonds. The molecular weight excluding hydrogens is 312 g/mol. The Balaban J connectivity index is 1.63. The van der Waals surface area contributed by atoms with Crippen LogP contribution in [-0.4, -0.2) is 31.0 Å². The van der Waals surface area contributed by atoms with Gasteiger partial charge in [-0.25, -0.2) is 0 Å². The molecule has 1 fully saturated rings. The molecule has 1 aromatic rings. The zero-order chi connectivity index (χ0) is 13.7. The summed E-state index contributed by atoms with van der Waals surface area (Å²) in [6.45, 7) is -0.0998. The highest BCUT2D eigenvalue weighted by molar-refractivity contribution is 9.10. The minimum absolute atomic E-state index is 0.000961. The van der Waals surface area contributed by atoms with Crippen molar-refractivity contribution in [2.45, 2.75) is 18.9 Å². The molecule has 2 rings (SSSR count). The van der Waals surface area contributed by atoms with Gasteiger partial charge < -0.3 is 15.4 Å². The quantitative estimate of drug-likeness (QED) is 0.826. The van der Waals surface area contributed by atoms with E-state index in [1.165, 1.54) is 0 Å². The second kappa shape index (κ2) is 6.56. The first-order valence-electron chi connectivity index (χ1n) is 6.08. The molecule has 0 aromatic heterocycles. The van der Waals surface area contributed by atoms with E-state index in [2.05, 4.69) is 26.6 Å². The van der Waals surface area contributed by atoms with Gasteiger partial charge in [0.15, 0.2) is 6.61 Å². The number of amides is 2. The Hall–Kier alpha value is -1.56. The molecule has 0 heterocycles. The van der Waals surface area contributed by atoms with Crippen LogP contribution in [0.4, 0.5) is 0 Å². The summed E-state index contributed by atoms with van der Waals surface area (Å²) in [5.41, 5.74) is 0. The molecule has 1 saturated carbocycles. The summed E-state index contributed by atoms with van der Waals surface area (Å²) in [5, 5.41) is 5.30. The minimum atomic E-state index is -0.311. The van der Waals surface area contributed by atoms with Crippen molar-refractivity contribution in [1.82, 2.24) is 10.6 Å². The van der Waals surface area contributed by atoms with Crippen molar-refractivity contribution >= 4 is 27.7 Å². The maximum Gasteiger partial charge on any atom is 0.258 e. The Morgan fingerprint density at radius 1 is 1.21 bits per heavy atom. The predicted octanol–water partition coefficient (Wildman–Crippen LogP) is 1.22. The predicted molar refractivity (Wildman–Crippen MR) is 73.8 cm³/mol. The van der Waals surface area contributed by atoms with Crippen LogP contribution in [0.1, 0.15) is 12.8 Å². The van der Waals surface area contributed by atoms with Gasteiger partial charge in [-0.1, -0.05) is 15.9 Å². The molecule has 0 atom stereocenters. The number of hydrogen-bond acceptors (Lipinski definition) is 3. The van der Waals surface area contributed by atoms with Crippen molar-refractivity contribution in [2.75, 3.05) is 13.2 Å². The van der Waals surface area contributed by atoms with Crippen LogP contribution in [0.2, 0.25) is 0 Å². The van der Waals surface area contributed by atoms with Gasteiger partial charge in [0.05, 0.1) is 6.54 Å². The maximum absolute atomic E-state index is 11.5. The topological polar surface area (TPSA) is 67.4 Å². The van der Waals surface area contributed by atoms with Crippen LogP contribution < -0.4 is 15.4 Å². The first kappa shape index (κ1) is 13.9. The fourth-order valence-electron chi connectivity index (χ4n) is 1.42. The Labute approximate surface area is 119 Å². The smallest absolute Gasteiger partial charge is 0.258 e. The molecule has 0 saturated heterocycles. The molecule has 0 spiro atoms. The van der Waals surface area contributed by atoms with Crippen LogP contribution in [0.25, 0.3) is 0 Å².